The monoisotopic (exact) mass is 250 g/mol. The minimum atomic E-state index is 0.247. The van der Waals surface area contributed by atoms with Gasteiger partial charge < -0.3 is 10.4 Å². The molecule has 12 heavy (non-hydrogen) atoms. The van der Waals surface area contributed by atoms with Gasteiger partial charge in [0.25, 0.3) is 0 Å². The first kappa shape index (κ1) is 10.1. The molecular formula is C7H11BrN2OS. The van der Waals surface area contributed by atoms with Crippen LogP contribution in [0.4, 0.5) is 0 Å². The molecule has 0 spiro atoms. The maximum absolute atomic E-state index is 8.52. The Balaban J connectivity index is 2.20. The normalized spacial score (nSPS) is 10.5. The van der Waals surface area contributed by atoms with Crippen LogP contribution in [0.2, 0.25) is 0 Å². The fourth-order valence-corrected chi connectivity index (χ4v) is 1.96. The van der Waals surface area contributed by atoms with Crippen molar-refractivity contribution in [1.82, 2.24) is 9.69 Å². The number of rotatable bonds is 5. The fourth-order valence-electron chi connectivity index (χ4n) is 0.775. The minimum absolute atomic E-state index is 0.247. The Morgan fingerprint density at radius 2 is 2.50 bits per heavy atom. The van der Waals surface area contributed by atoms with Crippen LogP contribution in [-0.4, -0.2) is 22.6 Å². The second-order valence-electron chi connectivity index (χ2n) is 2.35. The highest BCUT2D eigenvalue weighted by atomic mass is 79.9. The van der Waals surface area contributed by atoms with E-state index in [4.69, 9.17) is 5.11 Å². The molecule has 5 heteroatoms. The molecule has 1 rings (SSSR count). The van der Waals surface area contributed by atoms with Crippen molar-refractivity contribution in [2.75, 3.05) is 13.2 Å². The van der Waals surface area contributed by atoms with Crippen LogP contribution in [0.15, 0.2) is 10.7 Å². The van der Waals surface area contributed by atoms with Crippen molar-refractivity contribution in [1.29, 1.82) is 0 Å². The Labute approximate surface area is 84.1 Å². The maximum atomic E-state index is 8.52. The van der Waals surface area contributed by atoms with Crippen LogP contribution in [0, 0.1) is 0 Å². The lowest BCUT2D eigenvalue weighted by molar-refractivity contribution is 0.286. The summed E-state index contributed by atoms with van der Waals surface area (Å²) >= 11 is 4.88. The van der Waals surface area contributed by atoms with Crippen molar-refractivity contribution in [2.24, 2.45) is 0 Å². The van der Waals surface area contributed by atoms with Crippen LogP contribution in [0.5, 0.6) is 0 Å². The molecule has 1 aromatic heterocycles. The van der Waals surface area contributed by atoms with E-state index in [-0.39, 0.29) is 6.61 Å². The Hall–Kier alpha value is 0.0300. The van der Waals surface area contributed by atoms with Gasteiger partial charge in [0.1, 0.15) is 0 Å². The van der Waals surface area contributed by atoms with Crippen molar-refractivity contribution in [3.8, 4) is 0 Å². The summed E-state index contributed by atoms with van der Waals surface area (Å²) in [6, 6.07) is 0. The van der Waals surface area contributed by atoms with Gasteiger partial charge in [0.05, 0.1) is 15.5 Å². The predicted octanol–water partition coefficient (Wildman–Crippen LogP) is 1.38. The number of hydrogen-bond donors (Lipinski definition) is 2. The Kier molecular flexibility index (Phi) is 4.75. The first-order valence-corrected chi connectivity index (χ1v) is 5.32. The number of nitrogens with one attached hydrogen (secondary N) is 1. The van der Waals surface area contributed by atoms with E-state index in [2.05, 4.69) is 25.6 Å². The van der Waals surface area contributed by atoms with Crippen molar-refractivity contribution in [2.45, 2.75) is 13.0 Å². The molecule has 0 unspecified atom stereocenters. The number of halogens is 1. The summed E-state index contributed by atoms with van der Waals surface area (Å²) in [7, 11) is 0. The van der Waals surface area contributed by atoms with E-state index in [9.17, 15) is 0 Å². The van der Waals surface area contributed by atoms with E-state index in [1.807, 2.05) is 0 Å². The van der Waals surface area contributed by atoms with Gasteiger partial charge in [0, 0.05) is 13.2 Å². The van der Waals surface area contributed by atoms with E-state index in [0.717, 1.165) is 24.0 Å². The molecule has 1 aromatic rings. The van der Waals surface area contributed by atoms with Crippen molar-refractivity contribution in [3.63, 3.8) is 0 Å². The molecule has 0 atom stereocenters. The summed E-state index contributed by atoms with van der Waals surface area (Å²) in [6.07, 6.45) is 2.60. The van der Waals surface area contributed by atoms with Crippen molar-refractivity contribution >= 4 is 27.5 Å². The second-order valence-corrected chi connectivity index (χ2v) is 4.09. The Morgan fingerprint density at radius 3 is 3.08 bits per heavy atom. The van der Waals surface area contributed by atoms with Crippen LogP contribution in [0.25, 0.3) is 0 Å². The van der Waals surface area contributed by atoms with Gasteiger partial charge in [0.15, 0.2) is 0 Å². The lowest BCUT2D eigenvalue weighted by Crippen LogP contribution is -2.15. The van der Waals surface area contributed by atoms with Gasteiger partial charge in [-0.3, -0.25) is 0 Å². The molecule has 0 aliphatic rings. The topological polar surface area (TPSA) is 45.1 Å². The van der Waals surface area contributed by atoms with Gasteiger partial charge in [-0.1, -0.05) is 0 Å². The molecule has 3 nitrogen and oxygen atoms in total. The summed E-state index contributed by atoms with van der Waals surface area (Å²) in [5, 5.41) is 11.7. The van der Waals surface area contributed by atoms with Gasteiger partial charge >= 0.3 is 0 Å². The number of nitrogens with zero attached hydrogens (tertiary/aromatic N) is 1. The predicted molar refractivity (Wildman–Crippen MR) is 53.2 cm³/mol. The van der Waals surface area contributed by atoms with Crippen LogP contribution in [0.3, 0.4) is 0 Å². The minimum Gasteiger partial charge on any atom is -0.396 e. The molecule has 0 fully saturated rings. The highest BCUT2D eigenvalue weighted by Gasteiger charge is 2.00. The van der Waals surface area contributed by atoms with Gasteiger partial charge in [-0.2, -0.15) is 4.37 Å². The molecular weight excluding hydrogens is 240 g/mol. The average molecular weight is 251 g/mol. The summed E-state index contributed by atoms with van der Waals surface area (Å²) in [4.78, 5) is 1.20. The molecule has 0 aliphatic carbocycles. The van der Waals surface area contributed by atoms with Gasteiger partial charge in [0.2, 0.25) is 0 Å². The van der Waals surface area contributed by atoms with Crippen molar-refractivity contribution in [3.05, 3.63) is 15.5 Å². The standard InChI is InChI=1S/C7H11BrN2OS/c8-6-4-10-12-7(6)5-9-2-1-3-11/h4,9,11H,1-3,5H2. The van der Waals surface area contributed by atoms with Crippen LogP contribution in [-0.2, 0) is 6.54 Å². The zero-order chi connectivity index (χ0) is 8.81. The van der Waals surface area contributed by atoms with E-state index >= 15 is 0 Å². The van der Waals surface area contributed by atoms with E-state index in [0.29, 0.717) is 0 Å². The first-order chi connectivity index (χ1) is 5.84. The van der Waals surface area contributed by atoms with Crippen LogP contribution >= 0.6 is 27.5 Å². The summed E-state index contributed by atoms with van der Waals surface area (Å²) in [5.74, 6) is 0. The average Bonchev–Trinajstić information content (AvgIpc) is 2.46. The summed E-state index contributed by atoms with van der Waals surface area (Å²) in [5.41, 5.74) is 0. The highest BCUT2D eigenvalue weighted by molar-refractivity contribution is 9.10. The number of hydrogen-bond acceptors (Lipinski definition) is 4. The zero-order valence-electron chi connectivity index (χ0n) is 6.59. The number of aliphatic hydroxyl groups is 1. The smallest absolute Gasteiger partial charge is 0.0552 e. The number of aliphatic hydroxyl groups excluding tert-OH is 1. The van der Waals surface area contributed by atoms with Crippen LogP contribution in [0.1, 0.15) is 11.3 Å². The van der Waals surface area contributed by atoms with Gasteiger partial charge in [-0.05, 0) is 40.4 Å². The Bertz CT molecular complexity index is 229. The molecule has 0 aliphatic heterocycles. The highest BCUT2D eigenvalue weighted by Crippen LogP contribution is 2.19. The molecule has 68 valence electrons. The molecule has 0 bridgehead atoms. The van der Waals surface area contributed by atoms with E-state index in [1.165, 1.54) is 16.4 Å². The lowest BCUT2D eigenvalue weighted by atomic mass is 10.4. The third kappa shape index (κ3) is 3.18. The SMILES string of the molecule is OCCCNCc1sncc1Br. The maximum Gasteiger partial charge on any atom is 0.0552 e. The zero-order valence-corrected chi connectivity index (χ0v) is 8.99. The molecule has 2 N–H and O–H groups in total. The quantitative estimate of drug-likeness (QED) is 0.777. The van der Waals surface area contributed by atoms with E-state index in [1.54, 1.807) is 6.20 Å². The molecule has 0 radical (unpaired) electrons. The van der Waals surface area contributed by atoms with Gasteiger partial charge in [-0.15, -0.1) is 0 Å². The first-order valence-electron chi connectivity index (χ1n) is 3.75. The number of aromatic nitrogens is 1. The summed E-state index contributed by atoms with van der Waals surface area (Å²) in [6.45, 7) is 1.92. The van der Waals surface area contributed by atoms with Crippen LogP contribution < -0.4 is 5.32 Å². The molecule has 0 aromatic carbocycles. The fraction of sp³-hybridized carbons (Fsp3) is 0.571. The summed E-state index contributed by atoms with van der Waals surface area (Å²) < 4.78 is 5.09. The second kappa shape index (κ2) is 5.64. The third-order valence-corrected chi connectivity index (χ3v) is 3.13. The lowest BCUT2D eigenvalue weighted by Gasteiger charge is -2.00. The van der Waals surface area contributed by atoms with Gasteiger partial charge in [-0.25, -0.2) is 0 Å². The third-order valence-electron chi connectivity index (χ3n) is 1.39. The largest absolute Gasteiger partial charge is 0.396 e. The molecule has 0 saturated carbocycles. The molecule has 0 saturated heterocycles. The molecule has 1 heterocycles. The van der Waals surface area contributed by atoms with Crippen molar-refractivity contribution < 1.29 is 5.11 Å². The molecule has 0 amide bonds. The Morgan fingerprint density at radius 1 is 1.67 bits per heavy atom. The van der Waals surface area contributed by atoms with E-state index < -0.39 is 0 Å².